The standard InChI is InChI=1S/C18H21N7O2/c1-23-16(12-25-10-4-8-19-25)21-22-17(23)13-5-3-9-24(11-13)15-7-2-6-14(20-15)18(26)27/h2,4,6-8,10,13H,3,5,9,11-12H2,1H3,(H,26,27). The molecule has 27 heavy (non-hydrogen) atoms. The summed E-state index contributed by atoms with van der Waals surface area (Å²) in [5, 5.41) is 22.2. The van der Waals surface area contributed by atoms with Crippen molar-refractivity contribution in [1.82, 2.24) is 29.5 Å². The maximum atomic E-state index is 11.2. The van der Waals surface area contributed by atoms with E-state index in [1.807, 2.05) is 34.6 Å². The molecule has 1 atom stereocenters. The number of aromatic carboxylic acids is 1. The predicted molar refractivity (Wildman–Crippen MR) is 97.7 cm³/mol. The zero-order valence-corrected chi connectivity index (χ0v) is 15.1. The lowest BCUT2D eigenvalue weighted by Gasteiger charge is -2.33. The van der Waals surface area contributed by atoms with Gasteiger partial charge < -0.3 is 14.6 Å². The molecular formula is C18H21N7O2. The maximum absolute atomic E-state index is 11.2. The van der Waals surface area contributed by atoms with Gasteiger partial charge in [0.25, 0.3) is 0 Å². The summed E-state index contributed by atoms with van der Waals surface area (Å²) in [4.78, 5) is 17.6. The number of hydrogen-bond donors (Lipinski definition) is 1. The Bertz CT molecular complexity index is 935. The van der Waals surface area contributed by atoms with E-state index in [0.717, 1.165) is 37.6 Å². The number of hydrogen-bond acceptors (Lipinski definition) is 6. The molecular weight excluding hydrogens is 346 g/mol. The first-order valence-corrected chi connectivity index (χ1v) is 8.92. The van der Waals surface area contributed by atoms with Crippen LogP contribution in [0.15, 0.2) is 36.7 Å². The first-order chi connectivity index (χ1) is 13.1. The molecule has 0 amide bonds. The molecule has 0 radical (unpaired) electrons. The van der Waals surface area contributed by atoms with Gasteiger partial charge in [0.2, 0.25) is 0 Å². The number of carboxylic acid groups (broad SMARTS) is 1. The highest BCUT2D eigenvalue weighted by molar-refractivity contribution is 5.85. The third kappa shape index (κ3) is 3.53. The molecule has 0 saturated carbocycles. The molecule has 1 fully saturated rings. The second-order valence-corrected chi connectivity index (χ2v) is 6.71. The van der Waals surface area contributed by atoms with Gasteiger partial charge in [-0.15, -0.1) is 10.2 Å². The van der Waals surface area contributed by atoms with Gasteiger partial charge in [0.15, 0.2) is 11.5 Å². The lowest BCUT2D eigenvalue weighted by Crippen LogP contribution is -2.36. The molecule has 9 heteroatoms. The molecule has 3 aromatic rings. The SMILES string of the molecule is Cn1c(Cn2cccn2)nnc1C1CCCN(c2cccc(C(=O)O)n2)C1. The second kappa shape index (κ2) is 7.18. The van der Waals surface area contributed by atoms with Crippen molar-refractivity contribution >= 4 is 11.8 Å². The van der Waals surface area contributed by atoms with Gasteiger partial charge in [-0.3, -0.25) is 4.68 Å². The highest BCUT2D eigenvalue weighted by atomic mass is 16.4. The van der Waals surface area contributed by atoms with Gasteiger partial charge in [-0.1, -0.05) is 6.07 Å². The summed E-state index contributed by atoms with van der Waals surface area (Å²) < 4.78 is 3.86. The van der Waals surface area contributed by atoms with Crippen LogP contribution < -0.4 is 4.90 Å². The van der Waals surface area contributed by atoms with Crippen molar-refractivity contribution in [2.24, 2.45) is 7.05 Å². The van der Waals surface area contributed by atoms with Crippen LogP contribution in [0.3, 0.4) is 0 Å². The predicted octanol–water partition coefficient (Wildman–Crippen LogP) is 1.54. The van der Waals surface area contributed by atoms with Crippen molar-refractivity contribution in [2.45, 2.75) is 25.3 Å². The number of nitrogens with zero attached hydrogens (tertiary/aromatic N) is 7. The molecule has 1 aliphatic rings. The van der Waals surface area contributed by atoms with Crippen molar-refractivity contribution in [3.63, 3.8) is 0 Å². The van der Waals surface area contributed by atoms with Gasteiger partial charge in [0.05, 0.1) is 0 Å². The Kier molecular flexibility index (Phi) is 4.57. The summed E-state index contributed by atoms with van der Waals surface area (Å²) in [7, 11) is 1.98. The Balaban J connectivity index is 1.52. The van der Waals surface area contributed by atoms with Crippen LogP contribution in [-0.4, -0.2) is 53.7 Å². The van der Waals surface area contributed by atoms with E-state index in [4.69, 9.17) is 0 Å². The number of anilines is 1. The molecule has 0 aromatic carbocycles. The summed E-state index contributed by atoms with van der Waals surface area (Å²) in [6.45, 7) is 2.17. The largest absolute Gasteiger partial charge is 0.477 e. The van der Waals surface area contributed by atoms with E-state index < -0.39 is 5.97 Å². The first kappa shape index (κ1) is 17.2. The minimum atomic E-state index is -1.01. The van der Waals surface area contributed by atoms with Gasteiger partial charge in [0.1, 0.15) is 18.2 Å². The van der Waals surface area contributed by atoms with E-state index in [1.165, 1.54) is 6.07 Å². The molecule has 4 heterocycles. The van der Waals surface area contributed by atoms with E-state index >= 15 is 0 Å². The van der Waals surface area contributed by atoms with Crippen LogP contribution in [-0.2, 0) is 13.6 Å². The number of carboxylic acids is 1. The van der Waals surface area contributed by atoms with Crippen LogP contribution in [0.25, 0.3) is 0 Å². The highest BCUT2D eigenvalue weighted by Crippen LogP contribution is 2.28. The molecule has 1 saturated heterocycles. The summed E-state index contributed by atoms with van der Waals surface area (Å²) >= 11 is 0. The summed E-state index contributed by atoms with van der Waals surface area (Å²) in [5.41, 5.74) is 0.0646. The first-order valence-electron chi connectivity index (χ1n) is 8.92. The van der Waals surface area contributed by atoms with Crippen LogP contribution in [0, 0.1) is 0 Å². The Morgan fingerprint density at radius 1 is 1.30 bits per heavy atom. The van der Waals surface area contributed by atoms with E-state index in [-0.39, 0.29) is 11.6 Å². The van der Waals surface area contributed by atoms with Crippen molar-refractivity contribution in [1.29, 1.82) is 0 Å². The van der Waals surface area contributed by atoms with Crippen LogP contribution in [0.5, 0.6) is 0 Å². The molecule has 9 nitrogen and oxygen atoms in total. The maximum Gasteiger partial charge on any atom is 0.354 e. The van der Waals surface area contributed by atoms with Gasteiger partial charge >= 0.3 is 5.97 Å². The van der Waals surface area contributed by atoms with E-state index in [9.17, 15) is 9.90 Å². The van der Waals surface area contributed by atoms with Crippen LogP contribution in [0.1, 0.15) is 40.9 Å². The topological polar surface area (TPSA) is 102 Å². The highest BCUT2D eigenvalue weighted by Gasteiger charge is 2.27. The Morgan fingerprint density at radius 3 is 2.96 bits per heavy atom. The third-order valence-corrected chi connectivity index (χ3v) is 4.93. The summed E-state index contributed by atoms with van der Waals surface area (Å²) in [6, 6.07) is 6.99. The number of aromatic nitrogens is 6. The molecule has 1 unspecified atom stereocenters. The van der Waals surface area contributed by atoms with Gasteiger partial charge in [-0.05, 0) is 31.0 Å². The minimum absolute atomic E-state index is 0.0646. The third-order valence-electron chi connectivity index (χ3n) is 4.93. The molecule has 140 valence electrons. The Labute approximate surface area is 156 Å². The van der Waals surface area contributed by atoms with Crippen molar-refractivity contribution < 1.29 is 9.90 Å². The zero-order chi connectivity index (χ0) is 18.8. The van der Waals surface area contributed by atoms with Crippen LogP contribution in [0.2, 0.25) is 0 Å². The van der Waals surface area contributed by atoms with Gasteiger partial charge in [0, 0.05) is 38.4 Å². The quantitative estimate of drug-likeness (QED) is 0.730. The average molecular weight is 367 g/mol. The van der Waals surface area contributed by atoms with E-state index in [1.54, 1.807) is 12.3 Å². The molecule has 4 rings (SSSR count). The monoisotopic (exact) mass is 367 g/mol. The van der Waals surface area contributed by atoms with Crippen molar-refractivity contribution in [2.75, 3.05) is 18.0 Å². The minimum Gasteiger partial charge on any atom is -0.477 e. The Morgan fingerprint density at radius 2 is 2.19 bits per heavy atom. The fourth-order valence-electron chi connectivity index (χ4n) is 3.52. The molecule has 1 N–H and O–H groups in total. The van der Waals surface area contributed by atoms with Gasteiger partial charge in [-0.25, -0.2) is 9.78 Å². The average Bonchev–Trinajstić information content (AvgIpc) is 3.33. The lowest BCUT2D eigenvalue weighted by atomic mass is 9.97. The normalized spacial score (nSPS) is 17.2. The fourth-order valence-corrected chi connectivity index (χ4v) is 3.52. The van der Waals surface area contributed by atoms with Gasteiger partial charge in [-0.2, -0.15) is 5.10 Å². The fraction of sp³-hybridized carbons (Fsp3) is 0.389. The van der Waals surface area contributed by atoms with Crippen LogP contribution >= 0.6 is 0 Å². The number of pyridine rings is 1. The molecule has 0 spiro atoms. The summed E-state index contributed by atoms with van der Waals surface area (Å²) in [6.07, 6.45) is 5.65. The molecule has 3 aromatic heterocycles. The zero-order valence-electron chi connectivity index (χ0n) is 15.1. The van der Waals surface area contributed by atoms with Crippen LogP contribution in [0.4, 0.5) is 5.82 Å². The van der Waals surface area contributed by atoms with E-state index in [0.29, 0.717) is 12.4 Å². The van der Waals surface area contributed by atoms with E-state index in [2.05, 4.69) is 25.2 Å². The number of rotatable bonds is 5. The van der Waals surface area contributed by atoms with Crippen molar-refractivity contribution in [3.05, 3.63) is 54.0 Å². The Hall–Kier alpha value is -3.23. The smallest absolute Gasteiger partial charge is 0.354 e. The molecule has 0 aliphatic carbocycles. The van der Waals surface area contributed by atoms with Crippen molar-refractivity contribution in [3.8, 4) is 0 Å². The lowest BCUT2D eigenvalue weighted by molar-refractivity contribution is 0.0690. The second-order valence-electron chi connectivity index (χ2n) is 6.71. The number of piperidine rings is 1. The summed E-state index contributed by atoms with van der Waals surface area (Å²) in [5.74, 6) is 1.70. The number of carbonyl (C=O) groups is 1. The molecule has 0 bridgehead atoms. The molecule has 1 aliphatic heterocycles.